The fourth-order valence-electron chi connectivity index (χ4n) is 2.55. The third-order valence-corrected chi connectivity index (χ3v) is 5.15. The molecule has 3 rings (SSSR count). The number of benzene rings is 1. The van der Waals surface area contributed by atoms with Crippen LogP contribution in [0.3, 0.4) is 0 Å². The molecule has 0 amide bonds. The summed E-state index contributed by atoms with van der Waals surface area (Å²) in [6.07, 6.45) is 3.51. The molecule has 0 atom stereocenters. The summed E-state index contributed by atoms with van der Waals surface area (Å²) in [5.74, 6) is 1.55. The third-order valence-electron chi connectivity index (χ3n) is 3.62. The SMILES string of the molecule is CCCNCc1oc2c(Cl)cc(Br)c(Cl)c2c1C1CC1. The minimum atomic E-state index is 0.567. The molecule has 1 aliphatic rings. The molecule has 5 heteroatoms. The molecular weight excluding hydrogens is 361 g/mol. The van der Waals surface area contributed by atoms with Crippen molar-refractivity contribution >= 4 is 50.1 Å². The third kappa shape index (κ3) is 2.61. The summed E-state index contributed by atoms with van der Waals surface area (Å²) in [5, 5.41) is 5.70. The lowest BCUT2D eigenvalue weighted by Crippen LogP contribution is -2.14. The summed E-state index contributed by atoms with van der Waals surface area (Å²) in [7, 11) is 0. The van der Waals surface area contributed by atoms with Gasteiger partial charge in [0.05, 0.1) is 16.6 Å². The maximum Gasteiger partial charge on any atom is 0.154 e. The van der Waals surface area contributed by atoms with Gasteiger partial charge in [0, 0.05) is 15.4 Å². The number of halogens is 3. The van der Waals surface area contributed by atoms with Crippen LogP contribution in [-0.2, 0) is 6.54 Å². The normalized spacial score (nSPS) is 15.2. The van der Waals surface area contributed by atoms with E-state index >= 15 is 0 Å². The molecule has 2 aromatic rings. The number of nitrogens with one attached hydrogen (secondary N) is 1. The van der Waals surface area contributed by atoms with Crippen molar-refractivity contribution in [1.29, 1.82) is 0 Å². The van der Waals surface area contributed by atoms with Crippen LogP contribution in [0, 0.1) is 0 Å². The lowest BCUT2D eigenvalue weighted by Gasteiger charge is -2.04. The summed E-state index contributed by atoms with van der Waals surface area (Å²) in [5.41, 5.74) is 1.96. The molecule has 1 heterocycles. The lowest BCUT2D eigenvalue weighted by atomic mass is 10.1. The van der Waals surface area contributed by atoms with Crippen LogP contribution in [-0.4, -0.2) is 6.54 Å². The fourth-order valence-corrected chi connectivity index (χ4v) is 3.59. The van der Waals surface area contributed by atoms with E-state index < -0.39 is 0 Å². The zero-order valence-corrected chi connectivity index (χ0v) is 14.3. The second kappa shape index (κ2) is 5.88. The molecule has 1 aliphatic carbocycles. The highest BCUT2D eigenvalue weighted by Crippen LogP contribution is 2.50. The number of fused-ring (bicyclic) bond motifs is 1. The Labute approximate surface area is 136 Å². The second-order valence-corrected chi connectivity index (χ2v) is 6.89. The number of hydrogen-bond donors (Lipinski definition) is 1. The molecular formula is C15H16BrCl2NO. The maximum absolute atomic E-state index is 6.46. The molecule has 0 radical (unpaired) electrons. The van der Waals surface area contributed by atoms with E-state index in [1.165, 1.54) is 18.4 Å². The van der Waals surface area contributed by atoms with Gasteiger partial charge in [-0.3, -0.25) is 0 Å². The Balaban J connectivity index is 2.12. The van der Waals surface area contributed by atoms with E-state index in [9.17, 15) is 0 Å². The first-order valence-corrected chi connectivity index (χ1v) is 8.47. The Kier molecular flexibility index (Phi) is 4.32. The van der Waals surface area contributed by atoms with Gasteiger partial charge in [0.15, 0.2) is 5.58 Å². The summed E-state index contributed by atoms with van der Waals surface area (Å²) in [4.78, 5) is 0. The van der Waals surface area contributed by atoms with Crippen LogP contribution >= 0.6 is 39.1 Å². The topological polar surface area (TPSA) is 25.2 Å². The summed E-state index contributed by atoms with van der Waals surface area (Å²) >= 11 is 16.2. The largest absolute Gasteiger partial charge is 0.458 e. The molecule has 1 fully saturated rings. The van der Waals surface area contributed by atoms with Crippen LogP contribution in [0.5, 0.6) is 0 Å². The zero-order valence-electron chi connectivity index (χ0n) is 11.2. The van der Waals surface area contributed by atoms with Gasteiger partial charge in [-0.15, -0.1) is 0 Å². The second-order valence-electron chi connectivity index (χ2n) is 5.25. The van der Waals surface area contributed by atoms with Crippen molar-refractivity contribution in [2.24, 2.45) is 0 Å². The molecule has 1 aromatic carbocycles. The Morgan fingerprint density at radius 1 is 1.40 bits per heavy atom. The average molecular weight is 377 g/mol. The van der Waals surface area contributed by atoms with Crippen molar-refractivity contribution in [3.63, 3.8) is 0 Å². The Bertz CT molecular complexity index is 649. The van der Waals surface area contributed by atoms with Crippen molar-refractivity contribution in [3.8, 4) is 0 Å². The Morgan fingerprint density at radius 2 is 2.15 bits per heavy atom. The molecule has 1 aromatic heterocycles. The smallest absolute Gasteiger partial charge is 0.154 e. The minimum absolute atomic E-state index is 0.567. The highest BCUT2D eigenvalue weighted by atomic mass is 79.9. The van der Waals surface area contributed by atoms with Crippen LogP contribution in [0.1, 0.15) is 43.4 Å². The van der Waals surface area contributed by atoms with Gasteiger partial charge in [-0.1, -0.05) is 30.1 Å². The average Bonchev–Trinajstić information content (AvgIpc) is 3.18. The van der Waals surface area contributed by atoms with Crippen LogP contribution in [0.15, 0.2) is 15.0 Å². The lowest BCUT2D eigenvalue weighted by molar-refractivity contribution is 0.507. The van der Waals surface area contributed by atoms with Crippen LogP contribution in [0.4, 0.5) is 0 Å². The van der Waals surface area contributed by atoms with E-state index in [-0.39, 0.29) is 0 Å². The molecule has 0 bridgehead atoms. The van der Waals surface area contributed by atoms with Gasteiger partial charge >= 0.3 is 0 Å². The van der Waals surface area contributed by atoms with Gasteiger partial charge in [0.1, 0.15) is 5.76 Å². The van der Waals surface area contributed by atoms with Gasteiger partial charge in [-0.2, -0.15) is 0 Å². The van der Waals surface area contributed by atoms with Gasteiger partial charge in [-0.25, -0.2) is 0 Å². The van der Waals surface area contributed by atoms with Crippen molar-refractivity contribution in [2.45, 2.75) is 38.6 Å². The summed E-state index contributed by atoms with van der Waals surface area (Å²) in [6, 6.07) is 1.80. The van der Waals surface area contributed by atoms with Crippen molar-refractivity contribution in [2.75, 3.05) is 6.54 Å². The van der Waals surface area contributed by atoms with Crippen molar-refractivity contribution in [3.05, 3.63) is 31.9 Å². The van der Waals surface area contributed by atoms with E-state index in [0.29, 0.717) is 16.0 Å². The molecule has 0 aliphatic heterocycles. The van der Waals surface area contributed by atoms with E-state index in [2.05, 4.69) is 28.2 Å². The molecule has 20 heavy (non-hydrogen) atoms. The van der Waals surface area contributed by atoms with Crippen LogP contribution in [0.25, 0.3) is 11.0 Å². The molecule has 1 saturated carbocycles. The van der Waals surface area contributed by atoms with E-state index in [0.717, 1.165) is 40.7 Å². The molecule has 0 unspecified atom stereocenters. The summed E-state index contributed by atoms with van der Waals surface area (Å²) < 4.78 is 6.84. The van der Waals surface area contributed by atoms with Crippen molar-refractivity contribution < 1.29 is 4.42 Å². The number of furan rings is 1. The molecule has 0 spiro atoms. The van der Waals surface area contributed by atoms with Crippen molar-refractivity contribution in [1.82, 2.24) is 5.32 Å². The first kappa shape index (κ1) is 14.7. The van der Waals surface area contributed by atoms with E-state index in [1.54, 1.807) is 6.07 Å². The Morgan fingerprint density at radius 3 is 2.80 bits per heavy atom. The quantitative estimate of drug-likeness (QED) is 0.520. The predicted molar refractivity (Wildman–Crippen MR) is 87.9 cm³/mol. The van der Waals surface area contributed by atoms with Gasteiger partial charge in [-0.05, 0) is 53.7 Å². The van der Waals surface area contributed by atoms with Gasteiger partial charge < -0.3 is 9.73 Å². The van der Waals surface area contributed by atoms with E-state index in [4.69, 9.17) is 27.6 Å². The van der Waals surface area contributed by atoms with Crippen LogP contribution < -0.4 is 5.32 Å². The van der Waals surface area contributed by atoms with Crippen LogP contribution in [0.2, 0.25) is 10.0 Å². The molecule has 2 nitrogen and oxygen atoms in total. The molecule has 0 saturated heterocycles. The minimum Gasteiger partial charge on any atom is -0.458 e. The van der Waals surface area contributed by atoms with Gasteiger partial charge in [0.2, 0.25) is 0 Å². The standard InChI is InChI=1S/C15H16BrCl2NO/c1-2-5-19-7-11-12(8-3-4-8)13-14(18)9(16)6-10(17)15(13)20-11/h6,8,19H,2-5,7H2,1H3. The summed E-state index contributed by atoms with van der Waals surface area (Å²) in [6.45, 7) is 3.86. The number of rotatable bonds is 5. The van der Waals surface area contributed by atoms with Gasteiger partial charge in [0.25, 0.3) is 0 Å². The van der Waals surface area contributed by atoms with E-state index in [1.807, 2.05) is 0 Å². The number of hydrogen-bond acceptors (Lipinski definition) is 2. The highest BCUT2D eigenvalue weighted by Gasteiger charge is 2.32. The highest BCUT2D eigenvalue weighted by molar-refractivity contribution is 9.10. The molecule has 1 N–H and O–H groups in total. The zero-order chi connectivity index (χ0) is 14.3. The maximum atomic E-state index is 6.46. The molecule has 108 valence electrons. The first-order valence-electron chi connectivity index (χ1n) is 6.93. The fraction of sp³-hybridized carbons (Fsp3) is 0.467. The predicted octanol–water partition coefficient (Wildman–Crippen LogP) is 5.88. The first-order chi connectivity index (χ1) is 9.63. The monoisotopic (exact) mass is 375 g/mol. The Hall–Kier alpha value is -0.220.